The molecule has 0 saturated carbocycles. The summed E-state index contributed by atoms with van der Waals surface area (Å²) in [7, 11) is 0. The van der Waals surface area contributed by atoms with E-state index < -0.39 is 11.8 Å². The maximum absolute atomic E-state index is 12.2. The van der Waals surface area contributed by atoms with Crippen LogP contribution < -0.4 is 11.1 Å². The summed E-state index contributed by atoms with van der Waals surface area (Å²) < 4.78 is 0. The lowest BCUT2D eigenvalue weighted by Crippen LogP contribution is -2.48. The Morgan fingerprint density at radius 3 is 2.29 bits per heavy atom. The number of nitrogens with two attached hydrogens (primary N) is 1. The Bertz CT molecular complexity index is 604. The lowest BCUT2D eigenvalue weighted by Gasteiger charge is -2.30. The number of amides is 3. The molecular formula is C18H25N3O3. The number of nitrogens with zero attached hydrogens (tertiary/aromatic N) is 1. The predicted octanol–water partition coefficient (Wildman–Crippen LogP) is 1.15. The van der Waals surface area contributed by atoms with Gasteiger partial charge >= 0.3 is 11.8 Å². The van der Waals surface area contributed by atoms with Gasteiger partial charge in [0, 0.05) is 19.0 Å². The van der Waals surface area contributed by atoms with E-state index in [9.17, 15) is 14.4 Å². The van der Waals surface area contributed by atoms with E-state index in [1.807, 2.05) is 31.2 Å². The molecule has 1 saturated heterocycles. The Hall–Kier alpha value is -2.37. The summed E-state index contributed by atoms with van der Waals surface area (Å²) in [6.45, 7) is 4.71. The number of carbonyl (C=O) groups is 3. The van der Waals surface area contributed by atoms with Gasteiger partial charge in [0.2, 0.25) is 5.91 Å². The molecule has 1 atom stereocenters. The number of aryl methyl sites for hydroxylation is 1. The van der Waals surface area contributed by atoms with E-state index in [0.29, 0.717) is 25.9 Å². The molecule has 1 heterocycles. The van der Waals surface area contributed by atoms with Crippen molar-refractivity contribution in [3.05, 3.63) is 35.4 Å². The molecule has 1 aromatic carbocycles. The van der Waals surface area contributed by atoms with Gasteiger partial charge in [-0.2, -0.15) is 0 Å². The maximum atomic E-state index is 12.2. The topological polar surface area (TPSA) is 92.5 Å². The predicted molar refractivity (Wildman–Crippen MR) is 90.9 cm³/mol. The summed E-state index contributed by atoms with van der Waals surface area (Å²) in [6, 6.07) is 7.73. The number of hydrogen-bond donors (Lipinski definition) is 2. The zero-order valence-corrected chi connectivity index (χ0v) is 14.2. The molecule has 2 rings (SSSR count). The highest BCUT2D eigenvalue weighted by atomic mass is 16.2. The summed E-state index contributed by atoms with van der Waals surface area (Å²) in [5.41, 5.74) is 7.46. The SMILES string of the molecule is CCc1ccc(C(C)NC(=O)C(=O)N2CCC(C(N)=O)CC2)cc1. The number of likely N-dealkylation sites (tertiary alicyclic amines) is 1. The first-order valence-electron chi connectivity index (χ1n) is 8.40. The fourth-order valence-corrected chi connectivity index (χ4v) is 2.89. The Morgan fingerprint density at radius 1 is 1.21 bits per heavy atom. The van der Waals surface area contributed by atoms with Crippen LogP contribution in [0.15, 0.2) is 24.3 Å². The highest BCUT2D eigenvalue weighted by Gasteiger charge is 2.29. The minimum absolute atomic E-state index is 0.201. The van der Waals surface area contributed by atoms with Crippen LogP contribution in [0.4, 0.5) is 0 Å². The smallest absolute Gasteiger partial charge is 0.311 e. The van der Waals surface area contributed by atoms with Gasteiger partial charge in [0.25, 0.3) is 0 Å². The molecular weight excluding hydrogens is 306 g/mol. The summed E-state index contributed by atoms with van der Waals surface area (Å²) >= 11 is 0. The molecule has 0 radical (unpaired) electrons. The summed E-state index contributed by atoms with van der Waals surface area (Å²) in [4.78, 5) is 37.1. The number of nitrogens with one attached hydrogen (secondary N) is 1. The average Bonchev–Trinajstić information content (AvgIpc) is 2.61. The standard InChI is InChI=1S/C18H25N3O3/c1-3-13-4-6-14(7-5-13)12(2)20-17(23)18(24)21-10-8-15(9-11-21)16(19)22/h4-7,12,15H,3,8-11H2,1-2H3,(H2,19,22)(H,20,23). The normalized spacial score (nSPS) is 16.5. The zero-order chi connectivity index (χ0) is 17.7. The van der Waals surface area contributed by atoms with Crippen LogP contribution in [-0.4, -0.2) is 35.7 Å². The van der Waals surface area contributed by atoms with E-state index >= 15 is 0 Å². The molecule has 130 valence electrons. The number of rotatable bonds is 4. The van der Waals surface area contributed by atoms with Crippen LogP contribution >= 0.6 is 0 Å². The van der Waals surface area contributed by atoms with Gasteiger partial charge in [-0.3, -0.25) is 14.4 Å². The van der Waals surface area contributed by atoms with Gasteiger partial charge in [0.05, 0.1) is 6.04 Å². The van der Waals surface area contributed by atoms with Crippen molar-refractivity contribution in [2.24, 2.45) is 11.7 Å². The number of primary amides is 1. The van der Waals surface area contributed by atoms with Gasteiger partial charge in [0.15, 0.2) is 0 Å². The van der Waals surface area contributed by atoms with Crippen LogP contribution in [0.25, 0.3) is 0 Å². The molecule has 0 spiro atoms. The largest absolute Gasteiger partial charge is 0.369 e. The Kier molecular flexibility index (Phi) is 5.95. The van der Waals surface area contributed by atoms with Crippen molar-refractivity contribution in [1.82, 2.24) is 10.2 Å². The molecule has 3 amide bonds. The van der Waals surface area contributed by atoms with Crippen LogP contribution in [0.5, 0.6) is 0 Å². The summed E-state index contributed by atoms with van der Waals surface area (Å²) in [6.07, 6.45) is 1.99. The van der Waals surface area contributed by atoms with E-state index in [1.54, 1.807) is 0 Å². The lowest BCUT2D eigenvalue weighted by atomic mass is 9.96. The zero-order valence-electron chi connectivity index (χ0n) is 14.2. The molecule has 24 heavy (non-hydrogen) atoms. The molecule has 0 aromatic heterocycles. The van der Waals surface area contributed by atoms with Crippen LogP contribution in [-0.2, 0) is 20.8 Å². The van der Waals surface area contributed by atoms with E-state index in [-0.39, 0.29) is 17.9 Å². The lowest BCUT2D eigenvalue weighted by molar-refractivity contribution is -0.147. The van der Waals surface area contributed by atoms with Gasteiger partial charge in [-0.1, -0.05) is 31.2 Å². The molecule has 6 nitrogen and oxygen atoms in total. The van der Waals surface area contributed by atoms with Crippen molar-refractivity contribution >= 4 is 17.7 Å². The first-order chi connectivity index (χ1) is 11.4. The van der Waals surface area contributed by atoms with Gasteiger partial charge in [-0.25, -0.2) is 0 Å². The van der Waals surface area contributed by atoms with Gasteiger partial charge in [0.1, 0.15) is 0 Å². The average molecular weight is 331 g/mol. The number of hydrogen-bond acceptors (Lipinski definition) is 3. The van der Waals surface area contributed by atoms with Gasteiger partial charge < -0.3 is 16.0 Å². The minimum Gasteiger partial charge on any atom is -0.369 e. The van der Waals surface area contributed by atoms with Gasteiger partial charge in [-0.15, -0.1) is 0 Å². The van der Waals surface area contributed by atoms with Crippen LogP contribution in [0.3, 0.4) is 0 Å². The van der Waals surface area contributed by atoms with Crippen molar-refractivity contribution in [3.63, 3.8) is 0 Å². The van der Waals surface area contributed by atoms with E-state index in [4.69, 9.17) is 5.73 Å². The highest BCUT2D eigenvalue weighted by molar-refractivity contribution is 6.35. The van der Waals surface area contributed by atoms with Crippen molar-refractivity contribution in [2.45, 2.75) is 39.2 Å². The number of piperidine rings is 1. The van der Waals surface area contributed by atoms with Crippen molar-refractivity contribution in [3.8, 4) is 0 Å². The quantitative estimate of drug-likeness (QED) is 0.811. The summed E-state index contributed by atoms with van der Waals surface area (Å²) in [5.74, 6) is -1.70. The van der Waals surface area contributed by atoms with Crippen LogP contribution in [0.1, 0.15) is 43.9 Å². The van der Waals surface area contributed by atoms with E-state index in [1.165, 1.54) is 10.5 Å². The maximum Gasteiger partial charge on any atom is 0.311 e. The Labute approximate surface area is 142 Å². The first kappa shape index (κ1) is 18.0. The third kappa shape index (κ3) is 4.34. The number of carbonyl (C=O) groups excluding carboxylic acids is 3. The fourth-order valence-electron chi connectivity index (χ4n) is 2.89. The van der Waals surface area contributed by atoms with Crippen LogP contribution in [0, 0.1) is 5.92 Å². The molecule has 1 aromatic rings. The molecule has 3 N–H and O–H groups in total. The molecule has 1 aliphatic rings. The van der Waals surface area contributed by atoms with Gasteiger partial charge in [-0.05, 0) is 37.3 Å². The Balaban J connectivity index is 1.89. The molecule has 1 aliphatic heterocycles. The highest BCUT2D eigenvalue weighted by Crippen LogP contribution is 2.17. The third-order valence-corrected chi connectivity index (χ3v) is 4.61. The van der Waals surface area contributed by atoms with Crippen molar-refractivity contribution in [2.75, 3.05) is 13.1 Å². The van der Waals surface area contributed by atoms with E-state index in [0.717, 1.165) is 12.0 Å². The molecule has 6 heteroatoms. The third-order valence-electron chi connectivity index (χ3n) is 4.61. The second kappa shape index (κ2) is 7.95. The fraction of sp³-hybridized carbons (Fsp3) is 0.500. The molecule has 1 unspecified atom stereocenters. The second-order valence-corrected chi connectivity index (χ2v) is 6.26. The molecule has 0 bridgehead atoms. The van der Waals surface area contributed by atoms with Crippen molar-refractivity contribution in [1.29, 1.82) is 0 Å². The second-order valence-electron chi connectivity index (χ2n) is 6.26. The molecule has 1 fully saturated rings. The van der Waals surface area contributed by atoms with Crippen LogP contribution in [0.2, 0.25) is 0 Å². The monoisotopic (exact) mass is 331 g/mol. The van der Waals surface area contributed by atoms with Crippen molar-refractivity contribution < 1.29 is 14.4 Å². The summed E-state index contributed by atoms with van der Waals surface area (Å²) in [5, 5.41) is 2.74. The minimum atomic E-state index is -0.611. The van der Waals surface area contributed by atoms with E-state index in [2.05, 4.69) is 12.2 Å². The molecule has 0 aliphatic carbocycles. The number of benzene rings is 1. The first-order valence-corrected chi connectivity index (χ1v) is 8.40. The Morgan fingerprint density at radius 2 is 1.79 bits per heavy atom.